The molecule has 2 amide bonds. The van der Waals surface area contributed by atoms with Crippen molar-refractivity contribution in [1.29, 1.82) is 5.26 Å². The lowest BCUT2D eigenvalue weighted by atomic mass is 10.1. The van der Waals surface area contributed by atoms with Crippen molar-refractivity contribution in [3.63, 3.8) is 0 Å². The Balaban J connectivity index is 1.66. The molecule has 2 saturated heterocycles. The van der Waals surface area contributed by atoms with E-state index in [1.54, 1.807) is 52.3 Å². The van der Waals surface area contributed by atoms with E-state index in [1.165, 1.54) is 0 Å². The maximum absolute atomic E-state index is 13.3. The zero-order valence-electron chi connectivity index (χ0n) is 16.0. The number of urea groups is 1. The molecule has 2 fully saturated rings. The van der Waals surface area contributed by atoms with Crippen LogP contribution in [0, 0.1) is 11.3 Å². The summed E-state index contributed by atoms with van der Waals surface area (Å²) in [7, 11) is -3.24. The van der Waals surface area contributed by atoms with Gasteiger partial charge in [-0.3, -0.25) is 4.90 Å². The van der Waals surface area contributed by atoms with Crippen molar-refractivity contribution >= 4 is 21.6 Å². The largest absolute Gasteiger partial charge is 0.494 e. The van der Waals surface area contributed by atoms with Crippen LogP contribution < -0.4 is 9.64 Å². The molecule has 0 aromatic heterocycles. The average molecular weight is 411 g/mol. The molecular formula is C21H21N3O4S. The Labute approximate surface area is 170 Å². The lowest BCUT2D eigenvalue weighted by molar-refractivity contribution is 0.206. The number of anilines is 1. The van der Waals surface area contributed by atoms with Gasteiger partial charge >= 0.3 is 6.03 Å². The van der Waals surface area contributed by atoms with E-state index in [9.17, 15) is 13.2 Å². The fourth-order valence-electron chi connectivity index (χ4n) is 4.07. The van der Waals surface area contributed by atoms with Crippen molar-refractivity contribution < 1.29 is 17.9 Å². The minimum absolute atomic E-state index is 0.0467. The molecule has 0 bridgehead atoms. The first kappa shape index (κ1) is 19.3. The first-order valence-corrected chi connectivity index (χ1v) is 11.3. The summed E-state index contributed by atoms with van der Waals surface area (Å²) in [6, 6.07) is 15.2. The topological polar surface area (TPSA) is 90.7 Å². The first-order valence-electron chi connectivity index (χ1n) is 9.44. The van der Waals surface area contributed by atoms with Crippen molar-refractivity contribution in [3.8, 4) is 11.8 Å². The third-order valence-electron chi connectivity index (χ3n) is 5.31. The number of nitriles is 1. The third-order valence-corrected chi connectivity index (χ3v) is 7.01. The molecule has 4 rings (SSSR count). The summed E-state index contributed by atoms with van der Waals surface area (Å²) in [5.74, 6) is 0.601. The van der Waals surface area contributed by atoms with Gasteiger partial charge in [-0.2, -0.15) is 5.26 Å². The predicted octanol–water partition coefficient (Wildman–Crippen LogP) is 2.56. The van der Waals surface area contributed by atoms with Crippen LogP contribution in [0.25, 0.3) is 0 Å². The van der Waals surface area contributed by atoms with Crippen LogP contribution >= 0.6 is 0 Å². The molecule has 0 unspecified atom stereocenters. The lowest BCUT2D eigenvalue weighted by Crippen LogP contribution is -2.37. The molecule has 2 aliphatic rings. The van der Waals surface area contributed by atoms with Crippen molar-refractivity contribution in [3.05, 3.63) is 59.7 Å². The highest BCUT2D eigenvalue weighted by Gasteiger charge is 2.53. The summed E-state index contributed by atoms with van der Waals surface area (Å²) >= 11 is 0. The molecule has 0 spiro atoms. The van der Waals surface area contributed by atoms with Gasteiger partial charge in [-0.25, -0.2) is 13.2 Å². The number of carbonyl (C=O) groups excluding carboxylic acids is 1. The van der Waals surface area contributed by atoms with Gasteiger partial charge in [0.15, 0.2) is 9.84 Å². The number of hydrogen-bond donors (Lipinski definition) is 0. The maximum Gasteiger partial charge on any atom is 0.325 e. The van der Waals surface area contributed by atoms with Crippen LogP contribution in [0.3, 0.4) is 0 Å². The van der Waals surface area contributed by atoms with Gasteiger partial charge in [-0.15, -0.1) is 0 Å². The van der Waals surface area contributed by atoms with Gasteiger partial charge in [-0.1, -0.05) is 12.1 Å². The number of benzene rings is 2. The van der Waals surface area contributed by atoms with Gasteiger partial charge in [0.2, 0.25) is 0 Å². The molecule has 2 heterocycles. The van der Waals surface area contributed by atoms with E-state index in [2.05, 4.69) is 6.07 Å². The number of amides is 2. The second-order valence-corrected chi connectivity index (χ2v) is 9.38. The molecule has 29 heavy (non-hydrogen) atoms. The highest BCUT2D eigenvalue weighted by atomic mass is 32.2. The van der Waals surface area contributed by atoms with Crippen LogP contribution in [-0.2, 0) is 16.4 Å². The average Bonchev–Trinajstić information content (AvgIpc) is 3.13. The first-order chi connectivity index (χ1) is 13.9. The number of fused-ring (bicyclic) bond motifs is 1. The predicted molar refractivity (Wildman–Crippen MR) is 108 cm³/mol. The molecule has 7 nitrogen and oxygen atoms in total. The van der Waals surface area contributed by atoms with Crippen LogP contribution in [-0.4, -0.2) is 49.5 Å². The van der Waals surface area contributed by atoms with Crippen molar-refractivity contribution in [1.82, 2.24) is 4.90 Å². The van der Waals surface area contributed by atoms with Crippen LogP contribution in [0.1, 0.15) is 18.1 Å². The number of rotatable bonds is 5. The van der Waals surface area contributed by atoms with E-state index in [4.69, 9.17) is 10.00 Å². The lowest BCUT2D eigenvalue weighted by Gasteiger charge is -2.23. The number of sulfone groups is 1. The van der Waals surface area contributed by atoms with Crippen LogP contribution in [0.2, 0.25) is 0 Å². The Morgan fingerprint density at radius 1 is 1.14 bits per heavy atom. The summed E-state index contributed by atoms with van der Waals surface area (Å²) < 4.78 is 30.1. The number of ether oxygens (including phenoxy) is 1. The van der Waals surface area contributed by atoms with Gasteiger partial charge in [-0.05, 0) is 48.9 Å². The Hall–Kier alpha value is -3.05. The second-order valence-electron chi connectivity index (χ2n) is 7.23. The summed E-state index contributed by atoms with van der Waals surface area (Å²) in [5, 5.41) is 9.12. The normalized spacial score (nSPS) is 22.4. The molecule has 0 saturated carbocycles. The zero-order valence-corrected chi connectivity index (χ0v) is 16.8. The van der Waals surface area contributed by atoms with E-state index in [1.807, 2.05) is 13.0 Å². The zero-order chi connectivity index (χ0) is 20.6. The minimum atomic E-state index is -3.24. The Bertz CT molecular complexity index is 1080. The molecule has 150 valence electrons. The monoisotopic (exact) mass is 411 g/mol. The van der Waals surface area contributed by atoms with E-state index < -0.39 is 21.9 Å². The Morgan fingerprint density at radius 3 is 2.55 bits per heavy atom. The molecule has 0 N–H and O–H groups in total. The molecule has 2 aromatic rings. The Kier molecular flexibility index (Phi) is 4.92. The quantitative estimate of drug-likeness (QED) is 0.706. The summed E-state index contributed by atoms with van der Waals surface area (Å²) in [5.41, 5.74) is 1.96. The van der Waals surface area contributed by atoms with Gasteiger partial charge in [0.25, 0.3) is 0 Å². The summed E-state index contributed by atoms with van der Waals surface area (Å²) in [6.07, 6.45) is 0. The number of carbonyl (C=O) groups is 1. The fourth-order valence-corrected chi connectivity index (χ4v) is 6.02. The molecule has 0 aliphatic carbocycles. The smallest absolute Gasteiger partial charge is 0.325 e. The third kappa shape index (κ3) is 3.66. The Morgan fingerprint density at radius 2 is 1.86 bits per heavy atom. The van der Waals surface area contributed by atoms with Crippen molar-refractivity contribution in [2.45, 2.75) is 25.6 Å². The molecular weight excluding hydrogens is 390 g/mol. The molecule has 8 heteroatoms. The summed E-state index contributed by atoms with van der Waals surface area (Å²) in [6.45, 7) is 2.70. The number of nitrogens with zero attached hydrogens (tertiary/aromatic N) is 3. The molecule has 2 aromatic carbocycles. The summed E-state index contributed by atoms with van der Waals surface area (Å²) in [4.78, 5) is 16.5. The van der Waals surface area contributed by atoms with Gasteiger partial charge in [0.05, 0.1) is 41.8 Å². The van der Waals surface area contributed by atoms with E-state index >= 15 is 0 Å². The van der Waals surface area contributed by atoms with Gasteiger partial charge in [0, 0.05) is 12.2 Å². The van der Waals surface area contributed by atoms with E-state index in [0.29, 0.717) is 23.6 Å². The minimum Gasteiger partial charge on any atom is -0.494 e. The highest BCUT2D eigenvalue weighted by Crippen LogP contribution is 2.36. The second kappa shape index (κ2) is 7.41. The molecule has 2 atom stereocenters. The van der Waals surface area contributed by atoms with Crippen LogP contribution in [0.5, 0.6) is 5.75 Å². The van der Waals surface area contributed by atoms with Crippen LogP contribution in [0.15, 0.2) is 48.5 Å². The maximum atomic E-state index is 13.3. The van der Waals surface area contributed by atoms with Crippen molar-refractivity contribution in [2.24, 2.45) is 0 Å². The van der Waals surface area contributed by atoms with E-state index in [0.717, 1.165) is 5.56 Å². The fraction of sp³-hybridized carbons (Fsp3) is 0.333. The SMILES string of the molecule is CCOc1ccc(N2C(=O)N(Cc3cccc(C#N)c3)[C@H]3CS(=O)(=O)C[C@H]32)cc1. The highest BCUT2D eigenvalue weighted by molar-refractivity contribution is 7.91. The number of hydrogen-bond acceptors (Lipinski definition) is 5. The standard InChI is InChI=1S/C21H21N3O4S/c1-2-28-18-8-6-17(7-9-18)24-20-14-29(26,27)13-19(20)23(21(24)25)12-16-5-3-4-15(10-16)11-22/h3-10,19-20H,2,12-14H2,1H3/t19-,20+/m0/s1. The van der Waals surface area contributed by atoms with E-state index in [-0.39, 0.29) is 24.1 Å². The molecule has 0 radical (unpaired) electrons. The van der Waals surface area contributed by atoms with Crippen molar-refractivity contribution in [2.75, 3.05) is 23.0 Å². The van der Waals surface area contributed by atoms with Crippen LogP contribution in [0.4, 0.5) is 10.5 Å². The molecule has 2 aliphatic heterocycles. The van der Waals surface area contributed by atoms with Gasteiger partial charge in [0.1, 0.15) is 5.75 Å². The van der Waals surface area contributed by atoms with Gasteiger partial charge < -0.3 is 9.64 Å².